The molecule has 0 saturated carbocycles. The third-order valence-corrected chi connectivity index (χ3v) is 4.89. The summed E-state index contributed by atoms with van der Waals surface area (Å²) < 4.78 is 9.73. The molecule has 0 spiro atoms. The van der Waals surface area contributed by atoms with Gasteiger partial charge < -0.3 is 35.2 Å². The highest BCUT2D eigenvalue weighted by Gasteiger charge is 2.36. The number of nitrogens with zero attached hydrogens (tertiary/aromatic N) is 1. The van der Waals surface area contributed by atoms with Crippen molar-refractivity contribution >= 4 is 36.5 Å². The molecule has 0 aliphatic heterocycles. The second-order valence-corrected chi connectivity index (χ2v) is 8.74. The van der Waals surface area contributed by atoms with Crippen LogP contribution in [0.5, 0.6) is 5.75 Å². The van der Waals surface area contributed by atoms with E-state index in [-0.39, 0.29) is 18.0 Å². The summed E-state index contributed by atoms with van der Waals surface area (Å²) in [5, 5.41) is 24.4. The minimum absolute atomic E-state index is 0.0164. The Morgan fingerprint density at radius 1 is 1.21 bits per heavy atom. The number of aromatic hydroxyl groups is 1. The van der Waals surface area contributed by atoms with E-state index >= 15 is 0 Å². The molecule has 11 nitrogen and oxygen atoms in total. The third kappa shape index (κ3) is 8.75. The van der Waals surface area contributed by atoms with E-state index in [2.05, 4.69) is 28.0 Å². The number of carbonyl (C=O) groups is 4. The van der Waals surface area contributed by atoms with Crippen molar-refractivity contribution in [2.24, 2.45) is 0 Å². The van der Waals surface area contributed by atoms with E-state index in [1.165, 1.54) is 18.2 Å². The highest BCUT2D eigenvalue weighted by Crippen LogP contribution is 2.27. The van der Waals surface area contributed by atoms with Crippen molar-refractivity contribution < 1.29 is 38.9 Å². The fourth-order valence-corrected chi connectivity index (χ4v) is 3.21. The molecule has 190 valence electrons. The van der Waals surface area contributed by atoms with Gasteiger partial charge in [0.2, 0.25) is 11.8 Å². The van der Waals surface area contributed by atoms with Gasteiger partial charge in [0.15, 0.2) is 0 Å². The molecule has 2 atom stereocenters. The van der Waals surface area contributed by atoms with Crippen LogP contribution in [0, 0.1) is 6.92 Å². The predicted octanol–water partition coefficient (Wildman–Crippen LogP) is 0.675. The van der Waals surface area contributed by atoms with E-state index in [0.717, 1.165) is 12.0 Å². The van der Waals surface area contributed by atoms with Gasteiger partial charge in [0.1, 0.15) is 30.0 Å². The standard InChI is InChI=1S/C22H33N3O8S/c1-13-10-14(6-7-16(13)27)18(19(29)23-11-17(28)32-5)25(8-9-26)20(30)15(12-34)24-21(31)33-22(2,3)4/h6-7,10,15,18,26-27,34H,8-9,11-12H2,1-5H3,(H,23,29)(H,24,31). The number of phenolic OH excluding ortho intramolecular Hbond substituents is 1. The molecule has 0 aliphatic carbocycles. The number of aliphatic hydroxyl groups is 1. The van der Waals surface area contributed by atoms with Crippen LogP contribution in [0.15, 0.2) is 18.2 Å². The largest absolute Gasteiger partial charge is 0.508 e. The molecular weight excluding hydrogens is 466 g/mol. The Balaban J connectivity index is 3.36. The summed E-state index contributed by atoms with van der Waals surface area (Å²) in [6.45, 7) is 5.40. The molecule has 0 aromatic heterocycles. The number of rotatable bonds is 10. The van der Waals surface area contributed by atoms with Gasteiger partial charge in [0.25, 0.3) is 0 Å². The quantitative estimate of drug-likeness (QED) is 0.233. The Morgan fingerprint density at radius 2 is 1.85 bits per heavy atom. The number of carbonyl (C=O) groups excluding carboxylic acids is 4. The Kier molecular flexibility index (Phi) is 11.1. The zero-order valence-electron chi connectivity index (χ0n) is 20.0. The monoisotopic (exact) mass is 499 g/mol. The van der Waals surface area contributed by atoms with E-state index in [4.69, 9.17) is 4.74 Å². The predicted molar refractivity (Wildman–Crippen MR) is 126 cm³/mol. The zero-order chi connectivity index (χ0) is 26.1. The molecule has 1 rings (SSSR count). The number of aryl methyl sites for hydroxylation is 1. The fourth-order valence-electron chi connectivity index (χ4n) is 2.96. The van der Waals surface area contributed by atoms with E-state index in [9.17, 15) is 29.4 Å². The first-order valence-corrected chi connectivity index (χ1v) is 11.1. The lowest BCUT2D eigenvalue weighted by Crippen LogP contribution is -2.54. The SMILES string of the molecule is COC(=O)CNC(=O)C(c1ccc(O)c(C)c1)N(CCO)C(=O)C(CS)NC(=O)OC(C)(C)C. The van der Waals surface area contributed by atoms with Crippen LogP contribution in [0.3, 0.4) is 0 Å². The molecule has 0 radical (unpaired) electrons. The fraction of sp³-hybridized carbons (Fsp3) is 0.545. The number of alkyl carbamates (subject to hydrolysis) is 1. The molecule has 0 aliphatic rings. The molecule has 0 bridgehead atoms. The second kappa shape index (κ2) is 13.0. The normalized spacial score (nSPS) is 12.8. The summed E-state index contributed by atoms with van der Waals surface area (Å²) in [6, 6.07) is 1.83. The van der Waals surface area contributed by atoms with Gasteiger partial charge in [-0.05, 0) is 51.0 Å². The topological polar surface area (TPSA) is 154 Å². The number of aliphatic hydroxyl groups excluding tert-OH is 1. The number of esters is 1. The minimum atomic E-state index is -1.30. The van der Waals surface area contributed by atoms with Crippen molar-refractivity contribution in [2.75, 3.05) is 32.6 Å². The average Bonchev–Trinajstić information content (AvgIpc) is 2.76. The summed E-state index contributed by atoms with van der Waals surface area (Å²) in [7, 11) is 1.16. The maximum atomic E-state index is 13.4. The number of phenols is 1. The first-order valence-electron chi connectivity index (χ1n) is 10.5. The average molecular weight is 500 g/mol. The highest BCUT2D eigenvalue weighted by atomic mass is 32.1. The number of amides is 3. The maximum absolute atomic E-state index is 13.4. The Bertz CT molecular complexity index is 887. The summed E-state index contributed by atoms with van der Waals surface area (Å²) >= 11 is 4.15. The van der Waals surface area contributed by atoms with Crippen molar-refractivity contribution in [1.82, 2.24) is 15.5 Å². The highest BCUT2D eigenvalue weighted by molar-refractivity contribution is 7.80. The molecule has 0 heterocycles. The number of ether oxygens (including phenoxy) is 2. The van der Waals surface area contributed by atoms with Crippen LogP contribution < -0.4 is 10.6 Å². The Hall–Kier alpha value is -2.99. The number of hydrogen-bond donors (Lipinski definition) is 5. The Morgan fingerprint density at radius 3 is 2.35 bits per heavy atom. The van der Waals surface area contributed by atoms with E-state index in [0.29, 0.717) is 11.1 Å². The van der Waals surface area contributed by atoms with Crippen molar-refractivity contribution in [3.05, 3.63) is 29.3 Å². The van der Waals surface area contributed by atoms with Crippen molar-refractivity contribution in [1.29, 1.82) is 0 Å². The van der Waals surface area contributed by atoms with Crippen LogP contribution in [0.4, 0.5) is 4.79 Å². The molecule has 4 N–H and O–H groups in total. The van der Waals surface area contributed by atoms with Gasteiger partial charge in [-0.3, -0.25) is 14.4 Å². The molecule has 1 aromatic rings. The van der Waals surface area contributed by atoms with Crippen molar-refractivity contribution in [2.45, 2.75) is 45.4 Å². The van der Waals surface area contributed by atoms with Gasteiger partial charge in [0.05, 0.1) is 13.7 Å². The lowest BCUT2D eigenvalue weighted by Gasteiger charge is -2.33. The van der Waals surface area contributed by atoms with Crippen LogP contribution in [-0.2, 0) is 23.9 Å². The second-order valence-electron chi connectivity index (χ2n) is 8.38. The van der Waals surface area contributed by atoms with Gasteiger partial charge in [-0.15, -0.1) is 0 Å². The summed E-state index contributed by atoms with van der Waals surface area (Å²) in [6.07, 6.45) is -0.851. The van der Waals surface area contributed by atoms with Crippen LogP contribution >= 0.6 is 12.6 Å². The molecule has 34 heavy (non-hydrogen) atoms. The number of methoxy groups -OCH3 is 1. The molecule has 1 aromatic carbocycles. The number of benzene rings is 1. The van der Waals surface area contributed by atoms with Gasteiger partial charge >= 0.3 is 12.1 Å². The molecule has 12 heteroatoms. The molecule has 0 saturated heterocycles. The number of hydrogen-bond acceptors (Lipinski definition) is 9. The minimum Gasteiger partial charge on any atom is -0.508 e. The number of thiol groups is 1. The van der Waals surface area contributed by atoms with Crippen LogP contribution in [0.1, 0.15) is 37.9 Å². The lowest BCUT2D eigenvalue weighted by atomic mass is 10.0. The third-order valence-electron chi connectivity index (χ3n) is 4.53. The molecular formula is C22H33N3O8S. The van der Waals surface area contributed by atoms with Crippen LogP contribution in [0.25, 0.3) is 0 Å². The number of nitrogens with one attached hydrogen (secondary N) is 2. The molecule has 0 fully saturated rings. The first kappa shape index (κ1) is 29.0. The Labute approximate surface area is 204 Å². The van der Waals surface area contributed by atoms with Crippen molar-refractivity contribution in [3.8, 4) is 5.75 Å². The van der Waals surface area contributed by atoms with Gasteiger partial charge in [-0.2, -0.15) is 12.6 Å². The van der Waals surface area contributed by atoms with Gasteiger partial charge in [-0.25, -0.2) is 4.79 Å². The van der Waals surface area contributed by atoms with E-state index in [1.807, 2.05) is 0 Å². The summed E-state index contributed by atoms with van der Waals surface area (Å²) in [5.41, 5.74) is -0.0502. The van der Waals surface area contributed by atoms with E-state index in [1.54, 1.807) is 27.7 Å². The van der Waals surface area contributed by atoms with Crippen molar-refractivity contribution in [3.63, 3.8) is 0 Å². The summed E-state index contributed by atoms with van der Waals surface area (Å²) in [4.78, 5) is 51.4. The van der Waals surface area contributed by atoms with Crippen LogP contribution in [-0.4, -0.2) is 83.2 Å². The van der Waals surface area contributed by atoms with Gasteiger partial charge in [-0.1, -0.05) is 6.07 Å². The zero-order valence-corrected chi connectivity index (χ0v) is 20.8. The lowest BCUT2D eigenvalue weighted by molar-refractivity contribution is -0.144. The smallest absolute Gasteiger partial charge is 0.408 e. The maximum Gasteiger partial charge on any atom is 0.408 e. The first-order chi connectivity index (χ1) is 15.8. The summed E-state index contributed by atoms with van der Waals surface area (Å²) in [5.74, 6) is -2.28. The van der Waals surface area contributed by atoms with Crippen LogP contribution in [0.2, 0.25) is 0 Å². The molecule has 3 amide bonds. The molecule has 2 unspecified atom stereocenters. The van der Waals surface area contributed by atoms with Gasteiger partial charge in [0, 0.05) is 12.3 Å². The van der Waals surface area contributed by atoms with E-state index < -0.39 is 54.7 Å².